The van der Waals surface area contributed by atoms with Crippen LogP contribution >= 0.6 is 36.2 Å². The zero-order valence-corrected chi connectivity index (χ0v) is 22.3. The van der Waals surface area contributed by atoms with Crippen LogP contribution in [0.25, 0.3) is 0 Å². The van der Waals surface area contributed by atoms with Gasteiger partial charge in [0.05, 0.1) is 16.4 Å². The Kier molecular flexibility index (Phi) is 8.99. The fourth-order valence-electron chi connectivity index (χ4n) is 4.43. The average Bonchev–Trinajstić information content (AvgIpc) is 3.16. The van der Waals surface area contributed by atoms with E-state index in [1.54, 1.807) is 11.3 Å². The number of aromatic nitrogens is 1. The van der Waals surface area contributed by atoms with Crippen molar-refractivity contribution < 1.29 is 0 Å². The van der Waals surface area contributed by atoms with Crippen molar-refractivity contribution in [2.45, 2.75) is 38.6 Å². The van der Waals surface area contributed by atoms with Gasteiger partial charge < -0.3 is 10.2 Å². The van der Waals surface area contributed by atoms with Gasteiger partial charge in [-0.2, -0.15) is 0 Å². The number of amidine groups is 1. The van der Waals surface area contributed by atoms with E-state index in [9.17, 15) is 0 Å². The summed E-state index contributed by atoms with van der Waals surface area (Å²) in [5.41, 5.74) is 4.45. The number of rotatable bonds is 4. The van der Waals surface area contributed by atoms with Crippen LogP contribution in [0.5, 0.6) is 0 Å². The maximum absolute atomic E-state index is 5.16. The highest BCUT2D eigenvalue weighted by Gasteiger charge is 2.31. The van der Waals surface area contributed by atoms with Gasteiger partial charge in [-0.05, 0) is 37.6 Å². The van der Waals surface area contributed by atoms with Crippen LogP contribution in [-0.2, 0) is 6.42 Å². The van der Waals surface area contributed by atoms with Gasteiger partial charge in [0.15, 0.2) is 5.84 Å². The molecule has 2 aliphatic rings. The first-order chi connectivity index (χ1) is 15.6. The number of nitrogens with zero attached hydrogens (tertiary/aromatic N) is 4. The maximum Gasteiger partial charge on any atom is 0.158 e. The molecule has 1 N–H and O–H groups in total. The molecule has 1 aromatic heterocycles. The molecule has 8 heteroatoms. The van der Waals surface area contributed by atoms with E-state index < -0.39 is 0 Å². The molecule has 2 aliphatic heterocycles. The van der Waals surface area contributed by atoms with Gasteiger partial charge in [-0.15, -0.1) is 36.2 Å². The largest absolute Gasteiger partial charge is 0.352 e. The zero-order chi connectivity index (χ0) is 22.1. The second kappa shape index (κ2) is 11.5. The van der Waals surface area contributed by atoms with Crippen molar-refractivity contribution in [3.63, 3.8) is 0 Å². The number of aryl methyl sites for hydroxylation is 1. The van der Waals surface area contributed by atoms with E-state index in [0.717, 1.165) is 65.4 Å². The fraction of sp³-hybridized carbons (Fsp3) is 0.385. The number of anilines is 2. The Morgan fingerprint density at radius 3 is 2.53 bits per heavy atom. The molecule has 3 aromatic rings. The summed E-state index contributed by atoms with van der Waals surface area (Å²) in [6.45, 7) is 7.38. The molecule has 0 radical (unpaired) electrons. The number of halogens is 2. The Bertz CT molecular complexity index is 1120. The second-order valence-electron chi connectivity index (χ2n) is 9.07. The van der Waals surface area contributed by atoms with Crippen LogP contribution in [0.2, 0.25) is 0 Å². The molecule has 1 saturated heterocycles. The molecule has 3 heterocycles. The molecule has 1 atom stereocenters. The van der Waals surface area contributed by atoms with Crippen LogP contribution in [0.1, 0.15) is 42.5 Å². The smallest absolute Gasteiger partial charge is 0.158 e. The number of aliphatic imine (C=N–C) groups is 1. The summed E-state index contributed by atoms with van der Waals surface area (Å²) in [7, 11) is 2.25. The number of hydrogen-bond donors (Lipinski definition) is 1. The standard InChI is InChI=1S/C26H31N5S.2ClH/c1-18(2)25-29-23-24(27-21-11-7-8-12-22(21)28-26(23)32-25)31-16-15-30(3)20(17-31)14-13-19-9-5-4-6-10-19;;/h4-12,18,20,28H,13-17H2,1-3H3;2*1H. The molecule has 0 bridgehead atoms. The van der Waals surface area contributed by atoms with Crippen molar-refractivity contribution in [2.75, 3.05) is 32.0 Å². The molecule has 0 spiro atoms. The molecular formula is C26H33Cl2N5S. The van der Waals surface area contributed by atoms with Gasteiger partial charge in [-0.3, -0.25) is 4.90 Å². The van der Waals surface area contributed by atoms with E-state index in [0.29, 0.717) is 12.0 Å². The highest BCUT2D eigenvalue weighted by Crippen LogP contribution is 2.39. The first-order valence-electron chi connectivity index (χ1n) is 11.5. The SMILES string of the molecule is CC(C)c1nc2c(s1)Nc1ccccc1N=C2N1CCN(C)C(CCc2ccccc2)C1.Cl.Cl. The lowest BCUT2D eigenvalue weighted by molar-refractivity contribution is 0.134. The Hall–Kier alpha value is -2.12. The van der Waals surface area contributed by atoms with Gasteiger partial charge in [0, 0.05) is 31.6 Å². The number of hydrogen-bond acceptors (Lipinski definition) is 6. The van der Waals surface area contributed by atoms with Crippen molar-refractivity contribution >= 4 is 58.4 Å². The first-order valence-corrected chi connectivity index (χ1v) is 12.3. The van der Waals surface area contributed by atoms with Crippen LogP contribution < -0.4 is 5.32 Å². The van der Waals surface area contributed by atoms with E-state index in [-0.39, 0.29) is 24.8 Å². The van der Waals surface area contributed by atoms with Crippen molar-refractivity contribution in [2.24, 2.45) is 4.99 Å². The normalized spacial score (nSPS) is 17.5. The predicted octanol–water partition coefficient (Wildman–Crippen LogP) is 6.49. The minimum Gasteiger partial charge on any atom is -0.352 e. The lowest BCUT2D eigenvalue weighted by atomic mass is 10.0. The number of thiazole rings is 1. The summed E-state index contributed by atoms with van der Waals surface area (Å²) in [5, 5.41) is 5.88. The van der Waals surface area contributed by atoms with E-state index in [1.807, 2.05) is 0 Å². The number of benzene rings is 2. The quantitative estimate of drug-likeness (QED) is 0.429. The minimum atomic E-state index is 0. The minimum absolute atomic E-state index is 0. The van der Waals surface area contributed by atoms with Crippen LogP contribution in [0.3, 0.4) is 0 Å². The summed E-state index contributed by atoms with van der Waals surface area (Å²) in [4.78, 5) is 15.2. The van der Waals surface area contributed by atoms with E-state index in [4.69, 9.17) is 9.98 Å². The van der Waals surface area contributed by atoms with Crippen molar-refractivity contribution in [1.82, 2.24) is 14.8 Å². The van der Waals surface area contributed by atoms with Crippen LogP contribution in [0, 0.1) is 0 Å². The average molecular weight is 519 g/mol. The van der Waals surface area contributed by atoms with Crippen molar-refractivity contribution in [1.29, 1.82) is 0 Å². The van der Waals surface area contributed by atoms with E-state index in [1.165, 1.54) is 5.56 Å². The summed E-state index contributed by atoms with van der Waals surface area (Å²) in [6.07, 6.45) is 2.24. The third-order valence-corrected chi connectivity index (χ3v) is 7.69. The molecule has 2 aromatic carbocycles. The third-order valence-electron chi connectivity index (χ3n) is 6.41. The number of nitrogens with one attached hydrogen (secondary N) is 1. The topological polar surface area (TPSA) is 43.8 Å². The van der Waals surface area contributed by atoms with Gasteiger partial charge in [-0.1, -0.05) is 56.3 Å². The molecule has 1 unspecified atom stereocenters. The van der Waals surface area contributed by atoms with Crippen LogP contribution in [0.15, 0.2) is 59.6 Å². The monoisotopic (exact) mass is 517 g/mol. The predicted molar refractivity (Wildman–Crippen MR) is 149 cm³/mol. The number of para-hydroxylation sites is 2. The molecule has 34 heavy (non-hydrogen) atoms. The van der Waals surface area contributed by atoms with Crippen LogP contribution in [-0.4, -0.2) is 53.3 Å². The lowest BCUT2D eigenvalue weighted by Crippen LogP contribution is -2.53. The van der Waals surface area contributed by atoms with Gasteiger partial charge in [-0.25, -0.2) is 9.98 Å². The van der Waals surface area contributed by atoms with E-state index in [2.05, 4.69) is 90.6 Å². The summed E-state index contributed by atoms with van der Waals surface area (Å²) in [6, 6.07) is 19.6. The second-order valence-corrected chi connectivity index (χ2v) is 10.1. The fourth-order valence-corrected chi connectivity index (χ4v) is 5.41. The highest BCUT2D eigenvalue weighted by molar-refractivity contribution is 7.16. The summed E-state index contributed by atoms with van der Waals surface area (Å²) in [5.74, 6) is 1.41. The zero-order valence-electron chi connectivity index (χ0n) is 19.9. The van der Waals surface area contributed by atoms with Crippen molar-refractivity contribution in [3.05, 3.63) is 70.9 Å². The molecule has 5 nitrogen and oxygen atoms in total. The highest BCUT2D eigenvalue weighted by atomic mass is 35.5. The summed E-state index contributed by atoms with van der Waals surface area (Å²) >= 11 is 1.76. The first kappa shape index (κ1) is 26.5. The Morgan fingerprint density at radius 2 is 1.76 bits per heavy atom. The third kappa shape index (κ3) is 5.57. The number of piperazine rings is 1. The number of fused-ring (bicyclic) bond motifs is 2. The Labute approximate surface area is 219 Å². The van der Waals surface area contributed by atoms with Gasteiger partial charge in [0.2, 0.25) is 0 Å². The number of likely N-dealkylation sites (N-methyl/N-ethyl adjacent to an activating group) is 1. The Balaban J connectivity index is 0.00000162. The molecule has 0 amide bonds. The van der Waals surface area contributed by atoms with Crippen molar-refractivity contribution in [3.8, 4) is 0 Å². The molecule has 0 aliphatic carbocycles. The molecule has 1 fully saturated rings. The van der Waals surface area contributed by atoms with Crippen LogP contribution in [0.4, 0.5) is 16.4 Å². The van der Waals surface area contributed by atoms with E-state index >= 15 is 0 Å². The summed E-state index contributed by atoms with van der Waals surface area (Å²) < 4.78 is 0. The lowest BCUT2D eigenvalue weighted by Gasteiger charge is -2.40. The van der Waals surface area contributed by atoms with Gasteiger partial charge in [0.25, 0.3) is 0 Å². The maximum atomic E-state index is 5.16. The molecule has 0 saturated carbocycles. The molecule has 5 rings (SSSR count). The Morgan fingerprint density at radius 1 is 1.03 bits per heavy atom. The van der Waals surface area contributed by atoms with Gasteiger partial charge >= 0.3 is 0 Å². The molecule has 182 valence electrons. The molecular weight excluding hydrogens is 485 g/mol. The van der Waals surface area contributed by atoms with Gasteiger partial charge in [0.1, 0.15) is 10.7 Å².